The highest BCUT2D eigenvalue weighted by molar-refractivity contribution is 5.96. The van der Waals surface area contributed by atoms with Gasteiger partial charge >= 0.3 is 11.9 Å². The fraction of sp³-hybridized carbons (Fsp3) is 0.200. The molecule has 0 bridgehead atoms. The molecule has 3 aromatic rings. The summed E-state index contributed by atoms with van der Waals surface area (Å²) in [6.45, 7) is -0.722. The Morgan fingerprint density at radius 3 is 1.53 bits per heavy atom. The minimum absolute atomic E-state index is 0.0535. The van der Waals surface area contributed by atoms with Crippen LogP contribution in [0.2, 0.25) is 0 Å². The molecule has 1 atom stereocenters. The fourth-order valence-electron chi connectivity index (χ4n) is 3.33. The maximum absolute atomic E-state index is 13.0. The average molecular weight is 433 g/mol. The molecule has 164 valence electrons. The number of esters is 2. The lowest BCUT2D eigenvalue weighted by Crippen LogP contribution is -2.36. The summed E-state index contributed by atoms with van der Waals surface area (Å²) in [6.07, 6.45) is 0. The van der Waals surface area contributed by atoms with Gasteiger partial charge in [0.1, 0.15) is 13.2 Å². The van der Waals surface area contributed by atoms with E-state index in [2.05, 4.69) is 0 Å². The summed E-state index contributed by atoms with van der Waals surface area (Å²) in [5.74, 6) is -4.22. The number of hydrogen-bond donors (Lipinski definition) is 0. The van der Waals surface area contributed by atoms with Crippen molar-refractivity contribution in [3.8, 4) is 0 Å². The third-order valence-electron chi connectivity index (χ3n) is 4.93. The summed E-state index contributed by atoms with van der Waals surface area (Å²) in [4.78, 5) is 36.9. The number of carbonyl (C=O) groups excluding carboxylic acids is 2. The SMILES string of the molecule is O=C(OCc1ccccc1)C(C(=O)OCc1ccccc1)[C@H](C[N+](=O)[O-])c1ccccc1. The second kappa shape index (κ2) is 11.4. The van der Waals surface area contributed by atoms with Gasteiger partial charge in [0.25, 0.3) is 0 Å². The quantitative estimate of drug-likeness (QED) is 0.206. The van der Waals surface area contributed by atoms with Gasteiger partial charge in [0.05, 0.1) is 5.92 Å². The highest BCUT2D eigenvalue weighted by atomic mass is 16.6. The van der Waals surface area contributed by atoms with Crippen LogP contribution < -0.4 is 0 Å². The molecular weight excluding hydrogens is 410 g/mol. The zero-order valence-corrected chi connectivity index (χ0v) is 17.3. The first kappa shape index (κ1) is 22.7. The van der Waals surface area contributed by atoms with Crippen molar-refractivity contribution in [3.05, 3.63) is 118 Å². The predicted octanol–water partition coefficient (Wildman–Crippen LogP) is 4.15. The summed E-state index contributed by atoms with van der Waals surface area (Å²) < 4.78 is 10.8. The number of nitro groups is 1. The smallest absolute Gasteiger partial charge is 0.321 e. The summed E-state index contributed by atoms with van der Waals surface area (Å²) >= 11 is 0. The molecule has 3 aromatic carbocycles. The molecular formula is C25H23NO6. The van der Waals surface area contributed by atoms with Crippen LogP contribution in [0.5, 0.6) is 0 Å². The van der Waals surface area contributed by atoms with Crippen molar-refractivity contribution in [1.82, 2.24) is 0 Å². The zero-order chi connectivity index (χ0) is 22.8. The molecule has 7 nitrogen and oxygen atoms in total. The Labute approximate surface area is 185 Å². The number of ether oxygens (including phenoxy) is 2. The summed E-state index contributed by atoms with van der Waals surface area (Å²) in [5, 5.41) is 11.4. The predicted molar refractivity (Wildman–Crippen MR) is 117 cm³/mol. The molecule has 0 saturated carbocycles. The lowest BCUT2D eigenvalue weighted by atomic mass is 9.86. The lowest BCUT2D eigenvalue weighted by Gasteiger charge is -2.22. The van der Waals surface area contributed by atoms with Gasteiger partial charge in [0.2, 0.25) is 6.54 Å². The van der Waals surface area contributed by atoms with Gasteiger partial charge in [-0.1, -0.05) is 91.0 Å². The van der Waals surface area contributed by atoms with Crippen LogP contribution in [0.15, 0.2) is 91.0 Å². The van der Waals surface area contributed by atoms with Crippen LogP contribution in [0, 0.1) is 16.0 Å². The van der Waals surface area contributed by atoms with Crippen molar-refractivity contribution in [2.24, 2.45) is 5.92 Å². The minimum Gasteiger partial charge on any atom is -0.460 e. The van der Waals surface area contributed by atoms with E-state index < -0.39 is 35.2 Å². The van der Waals surface area contributed by atoms with Gasteiger partial charge in [0, 0.05) is 4.92 Å². The van der Waals surface area contributed by atoms with Crippen LogP contribution in [0.25, 0.3) is 0 Å². The molecule has 0 fully saturated rings. The molecule has 7 heteroatoms. The largest absolute Gasteiger partial charge is 0.460 e. The van der Waals surface area contributed by atoms with E-state index in [0.29, 0.717) is 5.56 Å². The number of nitrogens with zero attached hydrogens (tertiary/aromatic N) is 1. The van der Waals surface area contributed by atoms with Crippen LogP contribution in [-0.4, -0.2) is 23.4 Å². The van der Waals surface area contributed by atoms with E-state index in [9.17, 15) is 19.7 Å². The molecule has 0 N–H and O–H groups in total. The van der Waals surface area contributed by atoms with Gasteiger partial charge in [0.15, 0.2) is 5.92 Å². The molecule has 0 unspecified atom stereocenters. The van der Waals surface area contributed by atoms with Crippen LogP contribution >= 0.6 is 0 Å². The van der Waals surface area contributed by atoms with Crippen molar-refractivity contribution in [2.75, 3.05) is 6.54 Å². The van der Waals surface area contributed by atoms with Crippen LogP contribution in [-0.2, 0) is 32.3 Å². The molecule has 0 aliphatic carbocycles. The normalized spacial score (nSPS) is 11.5. The molecule has 3 rings (SSSR count). The molecule has 0 aliphatic heterocycles. The maximum atomic E-state index is 13.0. The second-order valence-electron chi connectivity index (χ2n) is 7.20. The average Bonchev–Trinajstić information content (AvgIpc) is 2.82. The molecule has 0 aromatic heterocycles. The van der Waals surface area contributed by atoms with Gasteiger partial charge in [-0.15, -0.1) is 0 Å². The molecule has 0 amide bonds. The Hall–Kier alpha value is -4.00. The van der Waals surface area contributed by atoms with Gasteiger partial charge in [-0.25, -0.2) is 0 Å². The van der Waals surface area contributed by atoms with E-state index in [1.54, 1.807) is 78.9 Å². The third kappa shape index (κ3) is 6.50. The van der Waals surface area contributed by atoms with Crippen LogP contribution in [0.3, 0.4) is 0 Å². The van der Waals surface area contributed by atoms with Gasteiger partial charge < -0.3 is 9.47 Å². The van der Waals surface area contributed by atoms with E-state index in [0.717, 1.165) is 11.1 Å². The Bertz CT molecular complexity index is 969. The minimum atomic E-state index is -1.48. The number of rotatable bonds is 10. The maximum Gasteiger partial charge on any atom is 0.321 e. The van der Waals surface area contributed by atoms with E-state index in [-0.39, 0.29) is 13.2 Å². The van der Waals surface area contributed by atoms with Gasteiger partial charge in [-0.3, -0.25) is 19.7 Å². The first-order valence-corrected chi connectivity index (χ1v) is 10.1. The molecule has 0 saturated heterocycles. The lowest BCUT2D eigenvalue weighted by molar-refractivity contribution is -0.484. The Morgan fingerprint density at radius 1 is 0.719 bits per heavy atom. The second-order valence-corrected chi connectivity index (χ2v) is 7.20. The highest BCUT2D eigenvalue weighted by Crippen LogP contribution is 2.28. The number of carbonyl (C=O) groups is 2. The number of hydrogen-bond acceptors (Lipinski definition) is 6. The van der Waals surface area contributed by atoms with Crippen LogP contribution in [0.4, 0.5) is 0 Å². The van der Waals surface area contributed by atoms with E-state index >= 15 is 0 Å². The highest BCUT2D eigenvalue weighted by Gasteiger charge is 2.41. The summed E-state index contributed by atoms with van der Waals surface area (Å²) in [6, 6.07) is 26.4. The Morgan fingerprint density at radius 2 is 1.12 bits per heavy atom. The van der Waals surface area contributed by atoms with E-state index in [1.165, 1.54) is 0 Å². The van der Waals surface area contributed by atoms with Gasteiger partial charge in [-0.2, -0.15) is 0 Å². The standard InChI is InChI=1S/C25H23NO6/c27-24(31-17-19-10-4-1-5-11-19)23(25(28)32-18-20-12-6-2-7-13-20)22(16-26(29)30)21-14-8-3-9-15-21/h1-15,22-23H,16-18H2/t22-/m1/s1. The molecule has 32 heavy (non-hydrogen) atoms. The van der Waals surface area contributed by atoms with Gasteiger partial charge in [-0.05, 0) is 16.7 Å². The van der Waals surface area contributed by atoms with E-state index in [4.69, 9.17) is 9.47 Å². The fourth-order valence-corrected chi connectivity index (χ4v) is 3.33. The van der Waals surface area contributed by atoms with Crippen molar-refractivity contribution >= 4 is 11.9 Å². The Balaban J connectivity index is 1.84. The van der Waals surface area contributed by atoms with Crippen molar-refractivity contribution in [3.63, 3.8) is 0 Å². The van der Waals surface area contributed by atoms with Crippen molar-refractivity contribution in [1.29, 1.82) is 0 Å². The molecule has 0 aliphatic rings. The first-order chi connectivity index (χ1) is 15.5. The monoisotopic (exact) mass is 433 g/mol. The summed E-state index contributed by atoms with van der Waals surface area (Å²) in [7, 11) is 0. The van der Waals surface area contributed by atoms with Crippen LogP contribution in [0.1, 0.15) is 22.6 Å². The first-order valence-electron chi connectivity index (χ1n) is 10.1. The van der Waals surface area contributed by atoms with Crippen molar-refractivity contribution in [2.45, 2.75) is 19.1 Å². The Kier molecular flexibility index (Phi) is 8.09. The topological polar surface area (TPSA) is 95.7 Å². The third-order valence-corrected chi connectivity index (χ3v) is 4.93. The zero-order valence-electron chi connectivity index (χ0n) is 17.3. The summed E-state index contributed by atoms with van der Waals surface area (Å²) in [5.41, 5.74) is 1.97. The molecule has 0 radical (unpaired) electrons. The number of benzene rings is 3. The molecule has 0 spiro atoms. The van der Waals surface area contributed by atoms with Crippen molar-refractivity contribution < 1.29 is 24.0 Å². The molecule has 0 heterocycles. The van der Waals surface area contributed by atoms with E-state index in [1.807, 2.05) is 12.1 Å².